The maximum atomic E-state index is 12.2. The molecule has 7 heteroatoms. The van der Waals surface area contributed by atoms with Crippen molar-refractivity contribution < 1.29 is 9.21 Å². The molecular weight excluding hydrogens is 360 g/mol. The molecule has 0 atom stereocenters. The number of carbonyl (C=O) groups is 1. The number of benzene rings is 1. The normalized spacial score (nSPS) is 10.3. The fraction of sp³-hybridized carbons (Fsp3) is 0.0625. The van der Waals surface area contributed by atoms with Crippen LogP contribution in [0.4, 0.5) is 11.6 Å². The molecule has 2 aromatic heterocycles. The van der Waals surface area contributed by atoms with Crippen molar-refractivity contribution in [1.29, 1.82) is 0 Å². The van der Waals surface area contributed by atoms with Gasteiger partial charge in [-0.2, -0.15) is 0 Å². The Morgan fingerprint density at radius 2 is 1.83 bits per heavy atom. The summed E-state index contributed by atoms with van der Waals surface area (Å²) in [7, 11) is 0. The third-order valence-electron chi connectivity index (χ3n) is 3.05. The lowest BCUT2D eigenvalue weighted by molar-refractivity contribution is 0.102. The Morgan fingerprint density at radius 3 is 2.52 bits per heavy atom. The van der Waals surface area contributed by atoms with E-state index in [1.807, 2.05) is 24.3 Å². The summed E-state index contributed by atoms with van der Waals surface area (Å²) in [5.41, 5.74) is 0.536. The molecule has 0 unspecified atom stereocenters. The Morgan fingerprint density at radius 1 is 1.04 bits per heavy atom. The van der Waals surface area contributed by atoms with E-state index < -0.39 is 0 Å². The zero-order valence-corrected chi connectivity index (χ0v) is 13.6. The molecule has 0 radical (unpaired) electrons. The number of aromatic nitrogens is 2. The van der Waals surface area contributed by atoms with Crippen LogP contribution in [0.5, 0.6) is 0 Å². The van der Waals surface area contributed by atoms with Crippen molar-refractivity contribution in [1.82, 2.24) is 10.2 Å². The number of carbonyl (C=O) groups excluding carboxylic acids is 1. The van der Waals surface area contributed by atoms with Gasteiger partial charge < -0.3 is 15.1 Å². The van der Waals surface area contributed by atoms with Crippen LogP contribution in [0.15, 0.2) is 63.7 Å². The summed E-state index contributed by atoms with van der Waals surface area (Å²) in [6, 6.07) is 14.3. The van der Waals surface area contributed by atoms with Crippen LogP contribution in [0.2, 0.25) is 0 Å². The molecule has 0 aliphatic heterocycles. The molecule has 1 aromatic carbocycles. The van der Waals surface area contributed by atoms with E-state index in [0.717, 1.165) is 10.2 Å². The van der Waals surface area contributed by atoms with Gasteiger partial charge in [-0.1, -0.05) is 12.1 Å². The number of furan rings is 1. The van der Waals surface area contributed by atoms with Crippen molar-refractivity contribution in [3.05, 3.63) is 70.6 Å². The molecule has 0 bridgehead atoms. The van der Waals surface area contributed by atoms with Gasteiger partial charge in [-0.05, 0) is 52.3 Å². The Bertz CT molecular complexity index is 788. The molecule has 0 aliphatic rings. The molecule has 3 aromatic rings. The fourth-order valence-corrected chi connectivity index (χ4v) is 2.38. The van der Waals surface area contributed by atoms with E-state index in [9.17, 15) is 4.79 Å². The SMILES string of the molecule is O=C(Nc1ccc(NCc2ccco2)nn1)c1ccccc1Br. The number of hydrogen-bond donors (Lipinski definition) is 2. The van der Waals surface area contributed by atoms with Crippen molar-refractivity contribution in [2.45, 2.75) is 6.54 Å². The van der Waals surface area contributed by atoms with Gasteiger partial charge in [0, 0.05) is 4.47 Å². The number of rotatable bonds is 5. The van der Waals surface area contributed by atoms with Crippen molar-refractivity contribution in [2.24, 2.45) is 0 Å². The minimum Gasteiger partial charge on any atom is -0.467 e. The van der Waals surface area contributed by atoms with Gasteiger partial charge in [-0.25, -0.2) is 0 Å². The number of anilines is 2. The number of nitrogens with zero attached hydrogens (tertiary/aromatic N) is 2. The second-order valence-electron chi connectivity index (χ2n) is 4.67. The molecule has 2 N–H and O–H groups in total. The summed E-state index contributed by atoms with van der Waals surface area (Å²) in [6.07, 6.45) is 1.61. The third kappa shape index (κ3) is 3.95. The molecule has 2 heterocycles. The van der Waals surface area contributed by atoms with Crippen LogP contribution in [-0.2, 0) is 6.54 Å². The highest BCUT2D eigenvalue weighted by atomic mass is 79.9. The van der Waals surface area contributed by atoms with Gasteiger partial charge in [0.15, 0.2) is 5.82 Å². The molecule has 0 fully saturated rings. The standard InChI is InChI=1S/C16H13BrN4O2/c17-13-6-2-1-5-12(13)16(22)19-15-8-7-14(20-21-15)18-10-11-4-3-9-23-11/h1-9H,10H2,(H,18,20)(H,19,21,22). The molecule has 1 amide bonds. The first-order valence-corrected chi connectivity index (χ1v) is 7.67. The van der Waals surface area contributed by atoms with E-state index in [2.05, 4.69) is 36.8 Å². The molecule has 0 saturated heterocycles. The topological polar surface area (TPSA) is 80.0 Å². The number of amides is 1. The average molecular weight is 373 g/mol. The van der Waals surface area contributed by atoms with Crippen molar-refractivity contribution in [2.75, 3.05) is 10.6 Å². The number of hydrogen-bond acceptors (Lipinski definition) is 5. The van der Waals surface area contributed by atoms with Gasteiger partial charge in [0.25, 0.3) is 5.91 Å². The molecule has 3 rings (SSSR count). The van der Waals surface area contributed by atoms with Crippen LogP contribution in [0.1, 0.15) is 16.1 Å². The van der Waals surface area contributed by atoms with Gasteiger partial charge >= 0.3 is 0 Å². The predicted octanol–water partition coefficient (Wildman–Crippen LogP) is 3.70. The first-order valence-electron chi connectivity index (χ1n) is 6.88. The Kier molecular flexibility index (Phi) is 4.68. The van der Waals surface area contributed by atoms with Crippen molar-refractivity contribution in [3.63, 3.8) is 0 Å². The smallest absolute Gasteiger partial charge is 0.258 e. The first kappa shape index (κ1) is 15.2. The summed E-state index contributed by atoms with van der Waals surface area (Å²) in [4.78, 5) is 12.2. The summed E-state index contributed by atoms with van der Waals surface area (Å²) >= 11 is 3.35. The molecular formula is C16H13BrN4O2. The van der Waals surface area contributed by atoms with Crippen LogP contribution in [0.25, 0.3) is 0 Å². The van der Waals surface area contributed by atoms with E-state index in [-0.39, 0.29) is 5.91 Å². The van der Waals surface area contributed by atoms with Crippen LogP contribution < -0.4 is 10.6 Å². The molecule has 0 aliphatic carbocycles. The van der Waals surface area contributed by atoms with Gasteiger partial charge in [-0.15, -0.1) is 10.2 Å². The minimum absolute atomic E-state index is 0.247. The second kappa shape index (κ2) is 7.06. The predicted molar refractivity (Wildman–Crippen MR) is 90.2 cm³/mol. The van der Waals surface area contributed by atoms with Gasteiger partial charge in [-0.3, -0.25) is 4.79 Å². The average Bonchev–Trinajstić information content (AvgIpc) is 3.08. The second-order valence-corrected chi connectivity index (χ2v) is 5.53. The number of halogens is 1. The van der Waals surface area contributed by atoms with E-state index in [0.29, 0.717) is 23.7 Å². The summed E-state index contributed by atoms with van der Waals surface area (Å²) in [5, 5.41) is 13.8. The summed E-state index contributed by atoms with van der Waals surface area (Å²) in [6.45, 7) is 0.518. The molecule has 0 saturated carbocycles. The maximum absolute atomic E-state index is 12.2. The first-order chi connectivity index (χ1) is 11.2. The van der Waals surface area contributed by atoms with E-state index in [1.165, 1.54) is 0 Å². The van der Waals surface area contributed by atoms with E-state index in [1.54, 1.807) is 30.5 Å². The van der Waals surface area contributed by atoms with Crippen molar-refractivity contribution in [3.8, 4) is 0 Å². The van der Waals surface area contributed by atoms with Gasteiger partial charge in [0.1, 0.15) is 11.6 Å². The Labute approximate surface area is 141 Å². The third-order valence-corrected chi connectivity index (χ3v) is 3.74. The van der Waals surface area contributed by atoms with Crippen LogP contribution in [-0.4, -0.2) is 16.1 Å². The highest BCUT2D eigenvalue weighted by Gasteiger charge is 2.10. The zero-order valence-electron chi connectivity index (χ0n) is 12.0. The monoisotopic (exact) mass is 372 g/mol. The van der Waals surface area contributed by atoms with E-state index >= 15 is 0 Å². The maximum Gasteiger partial charge on any atom is 0.258 e. The number of nitrogens with one attached hydrogen (secondary N) is 2. The highest BCUT2D eigenvalue weighted by molar-refractivity contribution is 9.10. The lowest BCUT2D eigenvalue weighted by atomic mass is 10.2. The fourth-order valence-electron chi connectivity index (χ4n) is 1.91. The molecule has 23 heavy (non-hydrogen) atoms. The van der Waals surface area contributed by atoms with Gasteiger partial charge in [0.2, 0.25) is 0 Å². The summed E-state index contributed by atoms with van der Waals surface area (Å²) < 4.78 is 5.94. The van der Waals surface area contributed by atoms with Crippen LogP contribution in [0, 0.1) is 0 Å². The highest BCUT2D eigenvalue weighted by Crippen LogP contribution is 2.17. The minimum atomic E-state index is -0.247. The van der Waals surface area contributed by atoms with E-state index in [4.69, 9.17) is 4.42 Å². The Balaban J connectivity index is 1.61. The molecule has 6 nitrogen and oxygen atoms in total. The summed E-state index contributed by atoms with van der Waals surface area (Å²) in [5.74, 6) is 1.54. The zero-order chi connectivity index (χ0) is 16.1. The largest absolute Gasteiger partial charge is 0.467 e. The Hall–Kier alpha value is -2.67. The molecule has 116 valence electrons. The van der Waals surface area contributed by atoms with Crippen LogP contribution in [0.3, 0.4) is 0 Å². The quantitative estimate of drug-likeness (QED) is 0.713. The van der Waals surface area contributed by atoms with Gasteiger partial charge in [0.05, 0.1) is 18.4 Å². The lowest BCUT2D eigenvalue weighted by Gasteiger charge is -2.07. The lowest BCUT2D eigenvalue weighted by Crippen LogP contribution is -2.14. The molecule has 0 spiro atoms. The van der Waals surface area contributed by atoms with Crippen LogP contribution >= 0.6 is 15.9 Å². The van der Waals surface area contributed by atoms with Crippen molar-refractivity contribution >= 4 is 33.5 Å².